The second-order valence-corrected chi connectivity index (χ2v) is 5.18. The SMILES string of the molecule is CCC1(CC)CN(C2CCCC2O)C1. The van der Waals surface area contributed by atoms with Crippen molar-refractivity contribution in [2.45, 2.75) is 58.1 Å². The van der Waals surface area contributed by atoms with E-state index in [1.54, 1.807) is 0 Å². The quantitative estimate of drug-likeness (QED) is 0.748. The normalized spacial score (nSPS) is 37.1. The summed E-state index contributed by atoms with van der Waals surface area (Å²) in [7, 11) is 0. The summed E-state index contributed by atoms with van der Waals surface area (Å²) in [5, 5.41) is 9.80. The van der Waals surface area contributed by atoms with Gasteiger partial charge >= 0.3 is 0 Å². The predicted molar refractivity (Wildman–Crippen MR) is 58.2 cm³/mol. The van der Waals surface area contributed by atoms with Crippen molar-refractivity contribution < 1.29 is 5.11 Å². The van der Waals surface area contributed by atoms with Gasteiger partial charge in [-0.3, -0.25) is 4.90 Å². The highest BCUT2D eigenvalue weighted by Crippen LogP contribution is 2.41. The van der Waals surface area contributed by atoms with E-state index in [0.29, 0.717) is 11.5 Å². The molecule has 1 N–H and O–H groups in total. The molecule has 2 fully saturated rings. The van der Waals surface area contributed by atoms with E-state index in [9.17, 15) is 5.11 Å². The molecule has 1 heterocycles. The van der Waals surface area contributed by atoms with E-state index in [1.165, 1.54) is 38.8 Å². The van der Waals surface area contributed by atoms with Gasteiger partial charge in [-0.25, -0.2) is 0 Å². The lowest BCUT2D eigenvalue weighted by atomic mass is 9.74. The molecule has 2 heteroatoms. The van der Waals surface area contributed by atoms with Gasteiger partial charge in [0.1, 0.15) is 0 Å². The van der Waals surface area contributed by atoms with Gasteiger partial charge in [-0.1, -0.05) is 13.8 Å². The fraction of sp³-hybridized carbons (Fsp3) is 1.00. The first-order chi connectivity index (χ1) is 6.71. The summed E-state index contributed by atoms with van der Waals surface area (Å²) in [6.45, 7) is 7.04. The summed E-state index contributed by atoms with van der Waals surface area (Å²) >= 11 is 0. The molecule has 1 aliphatic heterocycles. The van der Waals surface area contributed by atoms with Crippen LogP contribution in [0.4, 0.5) is 0 Å². The molecule has 0 aromatic rings. The molecule has 0 aromatic heterocycles. The Morgan fingerprint density at radius 1 is 1.21 bits per heavy atom. The van der Waals surface area contributed by atoms with Crippen LogP contribution in [-0.2, 0) is 0 Å². The second kappa shape index (κ2) is 3.82. The van der Waals surface area contributed by atoms with Crippen LogP contribution in [0.5, 0.6) is 0 Å². The van der Waals surface area contributed by atoms with E-state index >= 15 is 0 Å². The Morgan fingerprint density at radius 2 is 1.86 bits per heavy atom. The maximum absolute atomic E-state index is 9.80. The monoisotopic (exact) mass is 197 g/mol. The van der Waals surface area contributed by atoms with Crippen LogP contribution in [0.25, 0.3) is 0 Å². The molecule has 82 valence electrons. The molecule has 1 saturated carbocycles. The molecule has 0 amide bonds. The fourth-order valence-electron chi connectivity index (χ4n) is 3.09. The Labute approximate surface area is 87.3 Å². The van der Waals surface area contributed by atoms with Crippen LogP contribution in [-0.4, -0.2) is 35.2 Å². The first-order valence-corrected chi connectivity index (χ1v) is 6.13. The maximum Gasteiger partial charge on any atom is 0.0695 e. The van der Waals surface area contributed by atoms with E-state index in [4.69, 9.17) is 0 Å². The topological polar surface area (TPSA) is 23.5 Å². The van der Waals surface area contributed by atoms with E-state index in [1.807, 2.05) is 0 Å². The molecule has 0 aromatic carbocycles. The number of aliphatic hydroxyl groups excluding tert-OH is 1. The molecule has 0 radical (unpaired) electrons. The minimum absolute atomic E-state index is 0.0401. The Morgan fingerprint density at radius 3 is 2.29 bits per heavy atom. The van der Waals surface area contributed by atoms with Gasteiger partial charge in [-0.05, 0) is 37.5 Å². The zero-order valence-electron chi connectivity index (χ0n) is 9.50. The van der Waals surface area contributed by atoms with Crippen molar-refractivity contribution in [3.63, 3.8) is 0 Å². The summed E-state index contributed by atoms with van der Waals surface area (Å²) in [6.07, 6.45) is 6.00. The lowest BCUT2D eigenvalue weighted by molar-refractivity contribution is -0.0639. The molecule has 2 aliphatic rings. The Kier molecular flexibility index (Phi) is 2.85. The largest absolute Gasteiger partial charge is 0.391 e. The van der Waals surface area contributed by atoms with Crippen molar-refractivity contribution in [2.24, 2.45) is 5.41 Å². The number of aliphatic hydroxyl groups is 1. The Balaban J connectivity index is 1.87. The Hall–Kier alpha value is -0.0800. The molecule has 2 nitrogen and oxygen atoms in total. The number of nitrogens with zero attached hydrogens (tertiary/aromatic N) is 1. The van der Waals surface area contributed by atoms with Gasteiger partial charge in [-0.15, -0.1) is 0 Å². The average molecular weight is 197 g/mol. The predicted octanol–water partition coefficient (Wildman–Crippen LogP) is 2.02. The molecule has 0 bridgehead atoms. The Bertz CT molecular complexity index is 192. The summed E-state index contributed by atoms with van der Waals surface area (Å²) in [4.78, 5) is 2.50. The summed E-state index contributed by atoms with van der Waals surface area (Å²) in [6, 6.07) is 0.487. The third-order valence-electron chi connectivity index (χ3n) is 4.49. The number of hydrogen-bond donors (Lipinski definition) is 1. The van der Waals surface area contributed by atoms with E-state index in [2.05, 4.69) is 18.7 Å². The van der Waals surface area contributed by atoms with Crippen LogP contribution in [0.1, 0.15) is 46.0 Å². The van der Waals surface area contributed by atoms with Crippen LogP contribution in [0.2, 0.25) is 0 Å². The first kappa shape index (κ1) is 10.4. The van der Waals surface area contributed by atoms with Crippen LogP contribution < -0.4 is 0 Å². The van der Waals surface area contributed by atoms with Gasteiger partial charge < -0.3 is 5.11 Å². The molecule has 0 spiro atoms. The van der Waals surface area contributed by atoms with E-state index in [-0.39, 0.29) is 6.10 Å². The van der Waals surface area contributed by atoms with Crippen molar-refractivity contribution in [1.29, 1.82) is 0 Å². The molecule has 2 unspecified atom stereocenters. The van der Waals surface area contributed by atoms with Gasteiger partial charge in [0, 0.05) is 19.1 Å². The smallest absolute Gasteiger partial charge is 0.0695 e. The van der Waals surface area contributed by atoms with Gasteiger partial charge in [-0.2, -0.15) is 0 Å². The van der Waals surface area contributed by atoms with E-state index < -0.39 is 0 Å². The summed E-state index contributed by atoms with van der Waals surface area (Å²) in [5.74, 6) is 0. The van der Waals surface area contributed by atoms with Crippen LogP contribution >= 0.6 is 0 Å². The van der Waals surface area contributed by atoms with Crippen molar-refractivity contribution in [1.82, 2.24) is 4.90 Å². The minimum Gasteiger partial charge on any atom is -0.391 e. The number of likely N-dealkylation sites (tertiary alicyclic amines) is 1. The molecule has 1 aliphatic carbocycles. The second-order valence-electron chi connectivity index (χ2n) is 5.18. The molecular formula is C12H23NO. The molecule has 2 atom stereocenters. The molecule has 14 heavy (non-hydrogen) atoms. The molecular weight excluding hydrogens is 174 g/mol. The standard InChI is InChI=1S/C12H23NO/c1-3-12(4-2)8-13(9-12)10-6-5-7-11(10)14/h10-11,14H,3-9H2,1-2H3. The van der Waals surface area contributed by atoms with E-state index in [0.717, 1.165) is 6.42 Å². The third kappa shape index (κ3) is 1.59. The number of rotatable bonds is 3. The van der Waals surface area contributed by atoms with Crippen LogP contribution in [0.3, 0.4) is 0 Å². The highest BCUT2D eigenvalue weighted by atomic mass is 16.3. The highest BCUT2D eigenvalue weighted by molar-refractivity contribution is 4.99. The average Bonchev–Trinajstić information content (AvgIpc) is 2.52. The van der Waals surface area contributed by atoms with Crippen molar-refractivity contribution >= 4 is 0 Å². The van der Waals surface area contributed by atoms with Crippen LogP contribution in [0, 0.1) is 5.41 Å². The van der Waals surface area contributed by atoms with Gasteiger partial charge in [0.25, 0.3) is 0 Å². The zero-order valence-corrected chi connectivity index (χ0v) is 9.50. The third-order valence-corrected chi connectivity index (χ3v) is 4.49. The first-order valence-electron chi connectivity index (χ1n) is 6.13. The summed E-state index contributed by atoms with van der Waals surface area (Å²) in [5.41, 5.74) is 0.586. The molecule has 1 saturated heterocycles. The van der Waals surface area contributed by atoms with Gasteiger partial charge in [0.15, 0.2) is 0 Å². The lowest BCUT2D eigenvalue weighted by Crippen LogP contribution is -2.60. The molecule has 2 rings (SSSR count). The van der Waals surface area contributed by atoms with Gasteiger partial charge in [0.05, 0.1) is 6.10 Å². The van der Waals surface area contributed by atoms with Crippen molar-refractivity contribution in [3.8, 4) is 0 Å². The zero-order chi connectivity index (χ0) is 10.2. The van der Waals surface area contributed by atoms with Gasteiger partial charge in [0.2, 0.25) is 0 Å². The maximum atomic E-state index is 9.80. The minimum atomic E-state index is -0.0401. The lowest BCUT2D eigenvalue weighted by Gasteiger charge is -2.53. The van der Waals surface area contributed by atoms with Crippen LogP contribution in [0.15, 0.2) is 0 Å². The highest BCUT2D eigenvalue weighted by Gasteiger charge is 2.45. The van der Waals surface area contributed by atoms with Crippen molar-refractivity contribution in [3.05, 3.63) is 0 Å². The van der Waals surface area contributed by atoms with Crippen molar-refractivity contribution in [2.75, 3.05) is 13.1 Å². The number of hydrogen-bond acceptors (Lipinski definition) is 2. The summed E-state index contributed by atoms with van der Waals surface area (Å²) < 4.78 is 0. The fourth-order valence-corrected chi connectivity index (χ4v) is 3.09.